The molecule has 0 aromatic heterocycles. The fourth-order valence-electron chi connectivity index (χ4n) is 0. The Kier molecular flexibility index (Phi) is 122. The van der Waals surface area contributed by atoms with Crippen LogP contribution < -0.4 is 0 Å². The van der Waals surface area contributed by atoms with Gasteiger partial charge in [-0.3, -0.25) is 0 Å². The molecule has 26 valence electrons. The predicted octanol–water partition coefficient (Wildman–Crippen LogP) is -0.505. The van der Waals surface area contributed by atoms with Crippen LogP contribution in [0, 0.1) is 0 Å². The van der Waals surface area contributed by atoms with E-state index in [2.05, 4.69) is 15.7 Å². The molecule has 0 aromatic rings. The summed E-state index contributed by atoms with van der Waals surface area (Å²) in [6, 6.07) is 0. The van der Waals surface area contributed by atoms with E-state index < -0.39 is 0 Å². The molecule has 0 rings (SSSR count). The van der Waals surface area contributed by atoms with E-state index in [0.717, 1.165) is 0 Å². The van der Waals surface area contributed by atoms with Crippen LogP contribution in [0.2, 0.25) is 0 Å². The van der Waals surface area contributed by atoms with Gasteiger partial charge >= 0.3 is 19.5 Å². The third-order valence-electron chi connectivity index (χ3n) is 0. The molecule has 0 fully saturated rings. The second-order valence-electron chi connectivity index (χ2n) is 0. The fraction of sp³-hybridized carbons (Fsp3) is 0. The molecule has 0 N–H and O–H groups in total. The van der Waals surface area contributed by atoms with Crippen LogP contribution in [-0.4, -0.2) is 17.4 Å². The van der Waals surface area contributed by atoms with E-state index in [-0.39, 0.29) is 34.4 Å². The zero-order valence-corrected chi connectivity index (χ0v) is 4.97. The van der Waals surface area contributed by atoms with E-state index in [0.29, 0.717) is 0 Å². The zero-order chi connectivity index (χ0) is 2.00. The van der Waals surface area contributed by atoms with Crippen LogP contribution in [0.25, 0.3) is 0 Å². The van der Waals surface area contributed by atoms with Gasteiger partial charge in [0.1, 0.15) is 0 Å². The second-order valence-corrected chi connectivity index (χ2v) is 0. The fourth-order valence-corrected chi connectivity index (χ4v) is 0. The first-order valence-corrected chi connectivity index (χ1v) is 0.561. The van der Waals surface area contributed by atoms with Crippen molar-refractivity contribution in [1.82, 2.24) is 0 Å². The maximum absolute atomic E-state index is 7.94. The molecule has 0 amide bonds. The number of rotatable bonds is 0. The van der Waals surface area contributed by atoms with Gasteiger partial charge in [0.2, 0.25) is 0 Å². The summed E-state index contributed by atoms with van der Waals surface area (Å²) in [5, 5.41) is 0. The van der Waals surface area contributed by atoms with Crippen molar-refractivity contribution in [2.45, 2.75) is 0 Å². The van der Waals surface area contributed by atoms with Gasteiger partial charge in [-0.1, -0.05) is 0 Å². The summed E-state index contributed by atoms with van der Waals surface area (Å²) in [5.41, 5.74) is 0. The van der Waals surface area contributed by atoms with Crippen molar-refractivity contribution >= 4 is 17.4 Å². The Hall–Kier alpha value is 1.36. The van der Waals surface area contributed by atoms with Crippen molar-refractivity contribution in [2.75, 3.05) is 0 Å². The molecule has 4 heteroatoms. The van der Waals surface area contributed by atoms with Crippen molar-refractivity contribution in [2.24, 2.45) is 0 Å². The molecule has 0 atom stereocenters. The Morgan fingerprint density at radius 3 is 1.25 bits per heavy atom. The second kappa shape index (κ2) is 26.6. The minimum atomic E-state index is 0. The average molecular weight is 158 g/mol. The summed E-state index contributed by atoms with van der Waals surface area (Å²) in [5.74, 6) is 0. The van der Waals surface area contributed by atoms with Gasteiger partial charge in [-0.05, 0) is 0 Å². The third kappa shape index (κ3) is 10.1. The summed E-state index contributed by atoms with van der Waals surface area (Å²) in [4.78, 5) is 0. The van der Waals surface area contributed by atoms with Crippen molar-refractivity contribution in [1.29, 1.82) is 0 Å². The molecule has 0 saturated carbocycles. The van der Waals surface area contributed by atoms with Crippen LogP contribution in [0.3, 0.4) is 0 Å². The van der Waals surface area contributed by atoms with Crippen LogP contribution in [0.15, 0.2) is 0 Å². The molecule has 0 aromatic carbocycles. The quantitative estimate of drug-likeness (QED) is 0.434. The first-order chi connectivity index (χ1) is 1.00. The van der Waals surface area contributed by atoms with E-state index in [4.69, 9.17) is 3.87 Å². The first kappa shape index (κ1) is 18.3. The molecule has 0 aliphatic rings. The standard InChI is InChI=1S/Al.Co.Fe.O. The third-order valence-corrected chi connectivity index (χ3v) is 0. The Bertz CT molecular complexity index is 8.00. The van der Waals surface area contributed by atoms with Gasteiger partial charge in [0.15, 0.2) is 0 Å². The Morgan fingerprint density at radius 1 is 1.25 bits per heavy atom. The molecular weight excluding hydrogens is 158 g/mol. The van der Waals surface area contributed by atoms with E-state index in [1.165, 1.54) is 0 Å². The SMILES string of the molecule is [Al].[Fe].[O]=[Co]. The van der Waals surface area contributed by atoms with Crippen molar-refractivity contribution in [3.63, 3.8) is 0 Å². The maximum atomic E-state index is 7.94. The molecule has 4 heavy (non-hydrogen) atoms. The minimum absolute atomic E-state index is 0. The number of hydrogen-bond acceptors (Lipinski definition) is 1. The van der Waals surface area contributed by atoms with Gasteiger partial charge < -0.3 is 0 Å². The molecule has 0 spiro atoms. The van der Waals surface area contributed by atoms with E-state index in [1.807, 2.05) is 0 Å². The molecule has 0 bridgehead atoms. The Morgan fingerprint density at radius 2 is 1.25 bits per heavy atom. The average Bonchev–Trinajstić information content (AvgIpc) is 1.00. The summed E-state index contributed by atoms with van der Waals surface area (Å²) in [6.07, 6.45) is 0. The van der Waals surface area contributed by atoms with E-state index in [9.17, 15) is 0 Å². The molecule has 0 unspecified atom stereocenters. The zero-order valence-electron chi connectivity index (χ0n) is 1.67. The van der Waals surface area contributed by atoms with Gasteiger partial charge in [0, 0.05) is 34.4 Å². The van der Waals surface area contributed by atoms with Gasteiger partial charge in [-0.15, -0.1) is 0 Å². The van der Waals surface area contributed by atoms with Gasteiger partial charge in [0.05, 0.1) is 0 Å². The summed E-state index contributed by atoms with van der Waals surface area (Å²) in [6.45, 7) is 0. The normalized spacial score (nSPS) is 1.25. The topological polar surface area (TPSA) is 17.1 Å². The van der Waals surface area contributed by atoms with Crippen LogP contribution >= 0.6 is 0 Å². The van der Waals surface area contributed by atoms with Crippen molar-refractivity contribution in [3.8, 4) is 0 Å². The van der Waals surface area contributed by atoms with Crippen molar-refractivity contribution in [3.05, 3.63) is 0 Å². The molecular formula is AlCoFeO. The van der Waals surface area contributed by atoms with Crippen LogP contribution in [0.5, 0.6) is 0 Å². The Balaban J connectivity index is -0.00000000500. The predicted molar refractivity (Wildman–Crippen MR) is 6.44 cm³/mol. The molecule has 0 aliphatic carbocycles. The molecule has 1 nitrogen and oxygen atoms in total. The first-order valence-electron chi connectivity index (χ1n) is 0.136. The Labute approximate surface area is 53.9 Å². The van der Waals surface area contributed by atoms with Crippen LogP contribution in [-0.2, 0) is 36.6 Å². The summed E-state index contributed by atoms with van der Waals surface area (Å²) < 4.78 is 7.94. The molecule has 0 heterocycles. The monoisotopic (exact) mass is 158 g/mol. The summed E-state index contributed by atoms with van der Waals surface area (Å²) >= 11 is 2.31. The van der Waals surface area contributed by atoms with E-state index in [1.54, 1.807) is 0 Å². The van der Waals surface area contributed by atoms with Gasteiger partial charge in [0.25, 0.3) is 0 Å². The molecule has 3 radical (unpaired) electrons. The number of hydrogen-bond donors (Lipinski definition) is 0. The van der Waals surface area contributed by atoms with E-state index >= 15 is 0 Å². The molecule has 0 aliphatic heterocycles. The summed E-state index contributed by atoms with van der Waals surface area (Å²) in [7, 11) is 0. The van der Waals surface area contributed by atoms with Crippen molar-refractivity contribution < 1.29 is 36.6 Å². The van der Waals surface area contributed by atoms with Crippen LogP contribution in [0.4, 0.5) is 0 Å². The van der Waals surface area contributed by atoms with Crippen LogP contribution in [0.1, 0.15) is 0 Å². The van der Waals surface area contributed by atoms with Gasteiger partial charge in [-0.25, -0.2) is 0 Å². The van der Waals surface area contributed by atoms with Gasteiger partial charge in [-0.2, -0.15) is 0 Å². The molecule has 0 saturated heterocycles.